The molecule has 0 radical (unpaired) electrons. The number of amides is 1. The van der Waals surface area contributed by atoms with Gasteiger partial charge in [-0.3, -0.25) is 14.9 Å². The van der Waals surface area contributed by atoms with Crippen LogP contribution in [0, 0.1) is 10.1 Å². The van der Waals surface area contributed by atoms with Gasteiger partial charge in [0.05, 0.1) is 11.5 Å². The fourth-order valence-corrected chi connectivity index (χ4v) is 1.69. The third-order valence-electron chi connectivity index (χ3n) is 2.47. The molecule has 1 saturated heterocycles. The summed E-state index contributed by atoms with van der Waals surface area (Å²) in [6, 6.07) is 4.26. The lowest BCUT2D eigenvalue weighted by molar-refractivity contribution is -0.384. The molecule has 0 atom stereocenters. The zero-order valence-electron chi connectivity index (χ0n) is 8.96. The molecule has 0 aromatic heterocycles. The summed E-state index contributed by atoms with van der Waals surface area (Å²) in [5.74, 6) is -0.288. The molecule has 1 fully saturated rings. The Morgan fingerprint density at radius 3 is 2.88 bits per heavy atom. The first kappa shape index (κ1) is 11.3. The predicted molar refractivity (Wildman–Crippen MR) is 60.7 cm³/mol. The minimum atomic E-state index is -0.547. The van der Waals surface area contributed by atoms with Crippen molar-refractivity contribution in [3.8, 4) is 0 Å². The van der Waals surface area contributed by atoms with Crippen molar-refractivity contribution in [1.29, 1.82) is 0 Å². The third kappa shape index (κ3) is 2.18. The van der Waals surface area contributed by atoms with Crippen LogP contribution in [0.25, 0.3) is 0 Å². The Morgan fingerprint density at radius 1 is 1.47 bits per heavy atom. The molecular weight excluding hydrogens is 226 g/mol. The fourth-order valence-electron chi connectivity index (χ4n) is 1.69. The first-order valence-electron chi connectivity index (χ1n) is 5.01. The number of anilines is 2. The molecule has 1 amide bonds. The molecule has 7 nitrogen and oxygen atoms in total. The maximum atomic E-state index is 11.6. The van der Waals surface area contributed by atoms with E-state index in [4.69, 9.17) is 10.5 Å². The minimum Gasteiger partial charge on any atom is -0.399 e. The number of hydrogen-bond donors (Lipinski definition) is 1. The SMILES string of the molecule is Nc1ccc(N2CCOCC2=O)c([N+](=O)[O-])c1. The van der Waals surface area contributed by atoms with Crippen molar-refractivity contribution < 1.29 is 14.5 Å². The molecule has 0 saturated carbocycles. The molecule has 2 N–H and O–H groups in total. The van der Waals surface area contributed by atoms with Crippen LogP contribution >= 0.6 is 0 Å². The maximum Gasteiger partial charge on any atom is 0.295 e. The number of nitrogens with two attached hydrogens (primary N) is 1. The Balaban J connectivity index is 2.43. The molecule has 7 heteroatoms. The van der Waals surface area contributed by atoms with E-state index in [-0.39, 0.29) is 23.9 Å². The van der Waals surface area contributed by atoms with Gasteiger partial charge in [0.15, 0.2) is 0 Å². The van der Waals surface area contributed by atoms with Crippen LogP contribution in [0.15, 0.2) is 18.2 Å². The van der Waals surface area contributed by atoms with E-state index in [0.717, 1.165) is 0 Å². The van der Waals surface area contributed by atoms with Crippen LogP contribution in [0.1, 0.15) is 0 Å². The molecule has 0 aliphatic carbocycles. The molecule has 1 aromatic rings. The van der Waals surface area contributed by atoms with Gasteiger partial charge in [-0.1, -0.05) is 0 Å². The van der Waals surface area contributed by atoms with Crippen LogP contribution in [0.2, 0.25) is 0 Å². The van der Waals surface area contributed by atoms with E-state index < -0.39 is 4.92 Å². The summed E-state index contributed by atoms with van der Waals surface area (Å²) in [4.78, 5) is 23.3. The number of nitrogen functional groups attached to an aromatic ring is 1. The highest BCUT2D eigenvalue weighted by atomic mass is 16.6. The average Bonchev–Trinajstić information content (AvgIpc) is 2.30. The number of hydrogen-bond acceptors (Lipinski definition) is 5. The van der Waals surface area contributed by atoms with Crippen molar-refractivity contribution in [3.63, 3.8) is 0 Å². The fraction of sp³-hybridized carbons (Fsp3) is 0.300. The van der Waals surface area contributed by atoms with Crippen LogP contribution in [-0.2, 0) is 9.53 Å². The number of carbonyl (C=O) groups is 1. The van der Waals surface area contributed by atoms with Gasteiger partial charge in [-0.15, -0.1) is 0 Å². The first-order chi connectivity index (χ1) is 8.09. The van der Waals surface area contributed by atoms with Crippen LogP contribution in [-0.4, -0.2) is 30.6 Å². The van der Waals surface area contributed by atoms with Crippen molar-refractivity contribution in [2.24, 2.45) is 0 Å². The number of nitro groups is 1. The topological polar surface area (TPSA) is 98.7 Å². The summed E-state index contributed by atoms with van der Waals surface area (Å²) in [6.07, 6.45) is 0. The lowest BCUT2D eigenvalue weighted by atomic mass is 10.2. The maximum absolute atomic E-state index is 11.6. The van der Waals surface area contributed by atoms with Gasteiger partial charge in [-0.25, -0.2) is 0 Å². The van der Waals surface area contributed by atoms with E-state index in [1.807, 2.05) is 0 Å². The number of rotatable bonds is 2. The van der Waals surface area contributed by atoms with Crippen LogP contribution in [0.5, 0.6) is 0 Å². The van der Waals surface area contributed by atoms with Crippen molar-refractivity contribution >= 4 is 23.0 Å². The number of nitrogens with zero attached hydrogens (tertiary/aromatic N) is 2. The highest BCUT2D eigenvalue weighted by molar-refractivity contribution is 5.97. The summed E-state index contributed by atoms with van der Waals surface area (Å²) >= 11 is 0. The lowest BCUT2D eigenvalue weighted by Crippen LogP contribution is -2.41. The standard InChI is InChI=1S/C10H11N3O4/c11-7-1-2-8(9(5-7)13(15)16)12-3-4-17-6-10(12)14/h1-2,5H,3-4,6,11H2. The second-order valence-corrected chi connectivity index (χ2v) is 3.60. The van der Waals surface area contributed by atoms with Gasteiger partial charge in [0.25, 0.3) is 11.6 Å². The lowest BCUT2D eigenvalue weighted by Gasteiger charge is -2.26. The zero-order chi connectivity index (χ0) is 12.4. The number of benzene rings is 1. The van der Waals surface area contributed by atoms with Crippen LogP contribution < -0.4 is 10.6 Å². The highest BCUT2D eigenvalue weighted by Gasteiger charge is 2.26. The second kappa shape index (κ2) is 4.38. The van der Waals surface area contributed by atoms with Crippen LogP contribution in [0.4, 0.5) is 17.1 Å². The number of carbonyl (C=O) groups excluding carboxylic acids is 1. The molecule has 17 heavy (non-hydrogen) atoms. The largest absolute Gasteiger partial charge is 0.399 e. The van der Waals surface area contributed by atoms with Gasteiger partial charge in [0, 0.05) is 18.3 Å². The Hall–Kier alpha value is -2.15. The molecule has 1 heterocycles. The number of nitro benzene ring substituents is 1. The molecule has 1 aromatic carbocycles. The summed E-state index contributed by atoms with van der Waals surface area (Å²) in [6.45, 7) is 0.623. The molecule has 0 bridgehead atoms. The van der Waals surface area contributed by atoms with E-state index in [9.17, 15) is 14.9 Å². The van der Waals surface area contributed by atoms with Gasteiger partial charge in [-0.2, -0.15) is 0 Å². The smallest absolute Gasteiger partial charge is 0.295 e. The molecular formula is C10H11N3O4. The summed E-state index contributed by atoms with van der Waals surface area (Å²) < 4.78 is 4.97. The van der Waals surface area contributed by atoms with E-state index in [1.54, 1.807) is 0 Å². The van der Waals surface area contributed by atoms with Gasteiger partial charge < -0.3 is 15.4 Å². The summed E-state index contributed by atoms with van der Waals surface area (Å²) in [5.41, 5.74) is 5.88. The van der Waals surface area contributed by atoms with Crippen molar-refractivity contribution in [1.82, 2.24) is 0 Å². The third-order valence-corrected chi connectivity index (χ3v) is 2.47. The summed E-state index contributed by atoms with van der Waals surface area (Å²) in [7, 11) is 0. The van der Waals surface area contributed by atoms with Gasteiger partial charge in [0.2, 0.25) is 0 Å². The van der Waals surface area contributed by atoms with Crippen molar-refractivity contribution in [3.05, 3.63) is 28.3 Å². The van der Waals surface area contributed by atoms with E-state index >= 15 is 0 Å². The molecule has 1 aliphatic rings. The number of morpholine rings is 1. The van der Waals surface area contributed by atoms with Crippen molar-refractivity contribution in [2.45, 2.75) is 0 Å². The Labute approximate surface area is 96.9 Å². The molecule has 0 unspecified atom stereocenters. The molecule has 90 valence electrons. The first-order valence-corrected chi connectivity index (χ1v) is 5.01. The Bertz CT molecular complexity index is 475. The quantitative estimate of drug-likeness (QED) is 0.459. The Kier molecular flexibility index (Phi) is 2.92. The van der Waals surface area contributed by atoms with E-state index in [2.05, 4.69) is 0 Å². The summed E-state index contributed by atoms with van der Waals surface area (Å²) in [5, 5.41) is 10.9. The zero-order valence-corrected chi connectivity index (χ0v) is 8.96. The highest BCUT2D eigenvalue weighted by Crippen LogP contribution is 2.30. The molecule has 0 spiro atoms. The van der Waals surface area contributed by atoms with E-state index in [1.165, 1.54) is 23.1 Å². The molecule has 2 rings (SSSR count). The number of ether oxygens (including phenoxy) is 1. The Morgan fingerprint density at radius 2 is 2.24 bits per heavy atom. The minimum absolute atomic E-state index is 0.0540. The van der Waals surface area contributed by atoms with Gasteiger partial charge >= 0.3 is 0 Å². The van der Waals surface area contributed by atoms with Crippen LogP contribution in [0.3, 0.4) is 0 Å². The average molecular weight is 237 g/mol. The van der Waals surface area contributed by atoms with Gasteiger partial charge in [0.1, 0.15) is 12.3 Å². The monoisotopic (exact) mass is 237 g/mol. The van der Waals surface area contributed by atoms with Gasteiger partial charge in [-0.05, 0) is 12.1 Å². The van der Waals surface area contributed by atoms with Crippen molar-refractivity contribution in [2.75, 3.05) is 30.4 Å². The molecule has 1 aliphatic heterocycles. The predicted octanol–water partition coefficient (Wildman–Crippen LogP) is 0.540. The normalized spacial score (nSPS) is 16.0. The van der Waals surface area contributed by atoms with E-state index in [0.29, 0.717) is 18.8 Å². The second-order valence-electron chi connectivity index (χ2n) is 3.60.